The molecule has 0 aliphatic carbocycles. The predicted molar refractivity (Wildman–Crippen MR) is 77.6 cm³/mol. The second-order valence-electron chi connectivity index (χ2n) is 6.41. The summed E-state index contributed by atoms with van der Waals surface area (Å²) >= 11 is 0. The molecule has 0 saturated carbocycles. The molecular weight excluding hydrogens is 286 g/mol. The zero-order valence-electron chi connectivity index (χ0n) is 12.9. The van der Waals surface area contributed by atoms with Gasteiger partial charge in [-0.15, -0.1) is 0 Å². The van der Waals surface area contributed by atoms with E-state index < -0.39 is 11.7 Å². The van der Waals surface area contributed by atoms with Crippen molar-refractivity contribution in [1.29, 1.82) is 0 Å². The fraction of sp³-hybridized carbons (Fsp3) is 0.500. The third-order valence-corrected chi connectivity index (χ3v) is 3.58. The van der Waals surface area contributed by atoms with Crippen LogP contribution in [0.4, 0.5) is 4.79 Å². The number of ether oxygens (including phenoxy) is 3. The van der Waals surface area contributed by atoms with Crippen LogP contribution in [0, 0.1) is 0 Å². The largest absolute Gasteiger partial charge is 0.454 e. The average Bonchev–Trinajstić information content (AvgIpc) is 3.01. The number of imide groups is 1. The van der Waals surface area contributed by atoms with E-state index in [1.54, 1.807) is 26.8 Å². The quantitative estimate of drug-likeness (QED) is 0.798. The van der Waals surface area contributed by atoms with Gasteiger partial charge in [0.25, 0.3) is 0 Å². The van der Waals surface area contributed by atoms with Gasteiger partial charge in [0, 0.05) is 6.42 Å². The first kappa shape index (κ1) is 14.7. The summed E-state index contributed by atoms with van der Waals surface area (Å²) in [5, 5.41) is 0. The molecule has 0 spiro atoms. The summed E-state index contributed by atoms with van der Waals surface area (Å²) in [6, 6.07) is 5.15. The molecule has 2 aliphatic rings. The lowest BCUT2D eigenvalue weighted by Gasteiger charge is -2.27. The van der Waals surface area contributed by atoms with E-state index in [-0.39, 0.29) is 18.7 Å². The van der Waals surface area contributed by atoms with Crippen molar-refractivity contribution in [3.8, 4) is 11.5 Å². The number of nitrogens with zero attached hydrogens (tertiary/aromatic N) is 1. The lowest BCUT2D eigenvalue weighted by molar-refractivity contribution is -0.128. The molecule has 1 atom stereocenters. The van der Waals surface area contributed by atoms with Gasteiger partial charge in [0.15, 0.2) is 11.5 Å². The summed E-state index contributed by atoms with van der Waals surface area (Å²) in [5.41, 5.74) is 0.209. The van der Waals surface area contributed by atoms with Crippen molar-refractivity contribution < 1.29 is 23.8 Å². The molecule has 3 rings (SSSR count). The molecule has 2 aliphatic heterocycles. The number of hydrogen-bond acceptors (Lipinski definition) is 5. The zero-order chi connectivity index (χ0) is 15.9. The number of benzene rings is 1. The minimum Gasteiger partial charge on any atom is -0.454 e. The Morgan fingerprint density at radius 1 is 1.27 bits per heavy atom. The lowest BCUT2D eigenvalue weighted by Crippen LogP contribution is -2.38. The van der Waals surface area contributed by atoms with E-state index in [0.717, 1.165) is 5.56 Å². The minimum atomic E-state index is -0.639. The topological polar surface area (TPSA) is 65.1 Å². The number of carbonyl (C=O) groups excluding carboxylic acids is 2. The number of fused-ring (bicyclic) bond motifs is 1. The van der Waals surface area contributed by atoms with E-state index in [1.165, 1.54) is 4.90 Å². The van der Waals surface area contributed by atoms with Crippen molar-refractivity contribution >= 4 is 12.0 Å². The fourth-order valence-corrected chi connectivity index (χ4v) is 2.66. The predicted octanol–water partition coefficient (Wildman–Crippen LogP) is 3.01. The smallest absolute Gasteiger partial charge is 0.417 e. The van der Waals surface area contributed by atoms with E-state index in [4.69, 9.17) is 14.2 Å². The van der Waals surface area contributed by atoms with E-state index in [2.05, 4.69) is 0 Å². The monoisotopic (exact) mass is 305 g/mol. The maximum absolute atomic E-state index is 12.3. The van der Waals surface area contributed by atoms with Crippen molar-refractivity contribution in [2.75, 3.05) is 6.79 Å². The molecule has 1 aromatic rings. The SMILES string of the molecule is CC(C)(C)OC(=O)N1C(=O)CC[C@@H]1c1ccc2c(c1)OCO2. The fourth-order valence-electron chi connectivity index (χ4n) is 2.66. The van der Waals surface area contributed by atoms with Gasteiger partial charge < -0.3 is 14.2 Å². The normalized spacial score (nSPS) is 20.4. The van der Waals surface area contributed by atoms with E-state index in [1.807, 2.05) is 12.1 Å². The van der Waals surface area contributed by atoms with Crippen LogP contribution < -0.4 is 9.47 Å². The van der Waals surface area contributed by atoms with Crippen LogP contribution in [0.25, 0.3) is 0 Å². The second kappa shape index (κ2) is 5.19. The first-order chi connectivity index (χ1) is 10.3. The second-order valence-corrected chi connectivity index (χ2v) is 6.41. The highest BCUT2D eigenvalue weighted by atomic mass is 16.7. The van der Waals surface area contributed by atoms with Gasteiger partial charge in [-0.25, -0.2) is 9.69 Å². The van der Waals surface area contributed by atoms with Gasteiger partial charge in [0.05, 0.1) is 6.04 Å². The van der Waals surface area contributed by atoms with Gasteiger partial charge in [-0.1, -0.05) is 6.07 Å². The standard InChI is InChI=1S/C16H19NO5/c1-16(2,3)22-15(19)17-11(5-7-14(17)18)10-4-6-12-13(8-10)21-9-20-12/h4,6,8,11H,5,7,9H2,1-3H3/t11-/m1/s1. The number of likely N-dealkylation sites (tertiary alicyclic amines) is 1. The molecule has 1 saturated heterocycles. The van der Waals surface area contributed by atoms with E-state index >= 15 is 0 Å². The van der Waals surface area contributed by atoms with Gasteiger partial charge in [-0.2, -0.15) is 0 Å². The Morgan fingerprint density at radius 2 is 2.00 bits per heavy atom. The molecule has 2 amide bonds. The molecule has 22 heavy (non-hydrogen) atoms. The van der Waals surface area contributed by atoms with Crippen molar-refractivity contribution in [2.24, 2.45) is 0 Å². The van der Waals surface area contributed by atoms with Crippen LogP contribution in [0.15, 0.2) is 18.2 Å². The van der Waals surface area contributed by atoms with Crippen LogP contribution in [-0.2, 0) is 9.53 Å². The lowest BCUT2D eigenvalue weighted by atomic mass is 10.0. The van der Waals surface area contributed by atoms with Crippen molar-refractivity contribution in [1.82, 2.24) is 4.90 Å². The van der Waals surface area contributed by atoms with Crippen LogP contribution in [0.3, 0.4) is 0 Å². The van der Waals surface area contributed by atoms with Gasteiger partial charge in [-0.3, -0.25) is 4.79 Å². The van der Waals surface area contributed by atoms with Crippen LogP contribution in [-0.4, -0.2) is 29.3 Å². The molecule has 118 valence electrons. The Hall–Kier alpha value is -2.24. The van der Waals surface area contributed by atoms with Crippen molar-refractivity contribution in [2.45, 2.75) is 45.3 Å². The summed E-state index contributed by atoms with van der Waals surface area (Å²) in [5.74, 6) is 1.11. The first-order valence-corrected chi connectivity index (χ1v) is 7.30. The molecule has 2 heterocycles. The Labute approximate surface area is 128 Å². The third-order valence-electron chi connectivity index (χ3n) is 3.58. The van der Waals surface area contributed by atoms with E-state index in [9.17, 15) is 9.59 Å². The van der Waals surface area contributed by atoms with Crippen molar-refractivity contribution in [3.05, 3.63) is 23.8 Å². The Morgan fingerprint density at radius 3 is 2.73 bits per heavy atom. The molecule has 0 N–H and O–H groups in total. The average molecular weight is 305 g/mol. The maximum atomic E-state index is 12.3. The van der Waals surface area contributed by atoms with Gasteiger partial charge in [0.2, 0.25) is 12.7 Å². The van der Waals surface area contributed by atoms with Crippen molar-refractivity contribution in [3.63, 3.8) is 0 Å². The third kappa shape index (κ3) is 2.73. The molecule has 1 fully saturated rings. The summed E-state index contributed by atoms with van der Waals surface area (Å²) in [6.45, 7) is 5.53. The number of hydrogen-bond donors (Lipinski definition) is 0. The van der Waals surface area contributed by atoms with Crippen LogP contribution in [0.1, 0.15) is 45.2 Å². The molecule has 6 nitrogen and oxygen atoms in total. The molecule has 0 aromatic heterocycles. The van der Waals surface area contributed by atoms with Gasteiger partial charge >= 0.3 is 6.09 Å². The summed E-state index contributed by atoms with van der Waals surface area (Å²) in [6.07, 6.45) is 0.313. The summed E-state index contributed by atoms with van der Waals surface area (Å²) in [7, 11) is 0. The molecular formula is C16H19NO5. The molecule has 0 radical (unpaired) electrons. The van der Waals surface area contributed by atoms with Crippen LogP contribution in [0.2, 0.25) is 0 Å². The van der Waals surface area contributed by atoms with Crippen LogP contribution in [0.5, 0.6) is 11.5 Å². The summed E-state index contributed by atoms with van der Waals surface area (Å²) in [4.78, 5) is 25.6. The Bertz CT molecular complexity index is 619. The van der Waals surface area contributed by atoms with Gasteiger partial charge in [0.1, 0.15) is 5.60 Å². The minimum absolute atomic E-state index is 0.193. The van der Waals surface area contributed by atoms with E-state index in [0.29, 0.717) is 24.3 Å². The number of rotatable bonds is 1. The molecule has 1 aromatic carbocycles. The summed E-state index contributed by atoms with van der Waals surface area (Å²) < 4.78 is 16.0. The molecule has 6 heteroatoms. The Kier molecular flexibility index (Phi) is 3.47. The maximum Gasteiger partial charge on any atom is 0.417 e. The zero-order valence-corrected chi connectivity index (χ0v) is 12.9. The molecule has 0 unspecified atom stereocenters. The number of amides is 2. The highest BCUT2D eigenvalue weighted by Gasteiger charge is 2.39. The number of carbonyl (C=O) groups is 2. The Balaban J connectivity index is 1.86. The molecule has 0 bridgehead atoms. The van der Waals surface area contributed by atoms with Gasteiger partial charge in [-0.05, 0) is 44.9 Å². The highest BCUT2D eigenvalue weighted by Crippen LogP contribution is 2.39. The first-order valence-electron chi connectivity index (χ1n) is 7.30. The van der Waals surface area contributed by atoms with Crippen LogP contribution >= 0.6 is 0 Å². The highest BCUT2D eigenvalue weighted by molar-refractivity contribution is 5.94.